The summed E-state index contributed by atoms with van der Waals surface area (Å²) in [6, 6.07) is 10.2. The molecule has 1 aliphatic rings. The van der Waals surface area contributed by atoms with Gasteiger partial charge in [-0.25, -0.2) is 4.98 Å². The Bertz CT molecular complexity index is 640. The van der Waals surface area contributed by atoms with Crippen molar-refractivity contribution < 1.29 is 9.47 Å². The number of morpholine rings is 1. The van der Waals surface area contributed by atoms with Crippen LogP contribution in [0, 0.1) is 13.8 Å². The molecule has 0 amide bonds. The zero-order chi connectivity index (χ0) is 15.4. The van der Waals surface area contributed by atoms with Crippen molar-refractivity contribution in [2.45, 2.75) is 20.5 Å². The Hall–Kier alpha value is -2.14. The molecule has 22 heavy (non-hydrogen) atoms. The second-order valence-electron chi connectivity index (χ2n) is 5.52. The third-order valence-corrected chi connectivity index (χ3v) is 3.58. The van der Waals surface area contributed by atoms with Gasteiger partial charge in [-0.1, -0.05) is 29.8 Å². The van der Waals surface area contributed by atoms with Gasteiger partial charge in [-0.05, 0) is 19.4 Å². The van der Waals surface area contributed by atoms with E-state index < -0.39 is 0 Å². The number of ether oxygens (including phenoxy) is 2. The first kappa shape index (κ1) is 14.8. The second-order valence-corrected chi connectivity index (χ2v) is 5.52. The van der Waals surface area contributed by atoms with Gasteiger partial charge in [-0.2, -0.15) is 4.98 Å². The van der Waals surface area contributed by atoms with E-state index >= 15 is 0 Å². The zero-order valence-electron chi connectivity index (χ0n) is 13.1. The van der Waals surface area contributed by atoms with Crippen molar-refractivity contribution in [1.29, 1.82) is 0 Å². The van der Waals surface area contributed by atoms with Gasteiger partial charge >= 0.3 is 0 Å². The van der Waals surface area contributed by atoms with Gasteiger partial charge in [0.1, 0.15) is 6.61 Å². The van der Waals surface area contributed by atoms with E-state index in [9.17, 15) is 0 Å². The summed E-state index contributed by atoms with van der Waals surface area (Å²) in [5, 5.41) is 0. The fourth-order valence-electron chi connectivity index (χ4n) is 2.46. The molecular formula is C17H21N3O2. The summed E-state index contributed by atoms with van der Waals surface area (Å²) in [5.41, 5.74) is 3.29. The molecule has 5 nitrogen and oxygen atoms in total. The Kier molecular flexibility index (Phi) is 4.53. The highest BCUT2D eigenvalue weighted by Crippen LogP contribution is 2.18. The summed E-state index contributed by atoms with van der Waals surface area (Å²) >= 11 is 0. The van der Waals surface area contributed by atoms with Gasteiger partial charge in [0.15, 0.2) is 0 Å². The molecular weight excluding hydrogens is 278 g/mol. The van der Waals surface area contributed by atoms with Crippen molar-refractivity contribution in [3.05, 3.63) is 47.2 Å². The van der Waals surface area contributed by atoms with Crippen LogP contribution in [-0.2, 0) is 11.3 Å². The molecule has 0 atom stereocenters. The molecule has 5 heteroatoms. The number of hydrogen-bond donors (Lipinski definition) is 0. The molecule has 0 unspecified atom stereocenters. The van der Waals surface area contributed by atoms with Crippen LogP contribution in [0.15, 0.2) is 30.3 Å². The van der Waals surface area contributed by atoms with Gasteiger partial charge in [-0.3, -0.25) is 0 Å². The van der Waals surface area contributed by atoms with E-state index in [4.69, 9.17) is 9.47 Å². The van der Waals surface area contributed by atoms with Crippen molar-refractivity contribution in [3.63, 3.8) is 0 Å². The van der Waals surface area contributed by atoms with E-state index in [0.29, 0.717) is 12.5 Å². The molecule has 1 aliphatic heterocycles. The lowest BCUT2D eigenvalue weighted by molar-refractivity contribution is 0.122. The molecule has 0 aliphatic carbocycles. The highest BCUT2D eigenvalue weighted by atomic mass is 16.5. The molecule has 0 radical (unpaired) electrons. The lowest BCUT2D eigenvalue weighted by atomic mass is 10.1. The smallest absolute Gasteiger partial charge is 0.229 e. The first-order valence-electron chi connectivity index (χ1n) is 7.57. The molecule has 0 spiro atoms. The summed E-state index contributed by atoms with van der Waals surface area (Å²) in [4.78, 5) is 11.2. The van der Waals surface area contributed by atoms with Crippen LogP contribution in [0.4, 0.5) is 5.95 Å². The number of rotatable bonds is 4. The normalized spacial score (nSPS) is 14.9. The topological polar surface area (TPSA) is 47.5 Å². The molecule has 1 saturated heterocycles. The molecule has 2 heterocycles. The Labute approximate surface area is 130 Å². The highest BCUT2D eigenvalue weighted by Gasteiger charge is 2.15. The lowest BCUT2D eigenvalue weighted by Crippen LogP contribution is -2.37. The summed E-state index contributed by atoms with van der Waals surface area (Å²) in [6.45, 7) is 7.63. The molecule has 116 valence electrons. The van der Waals surface area contributed by atoms with E-state index in [-0.39, 0.29) is 0 Å². The fraction of sp³-hybridized carbons (Fsp3) is 0.412. The molecule has 0 saturated carbocycles. The number of anilines is 1. The Morgan fingerprint density at radius 3 is 2.73 bits per heavy atom. The average molecular weight is 299 g/mol. The van der Waals surface area contributed by atoms with E-state index in [1.165, 1.54) is 5.56 Å². The maximum absolute atomic E-state index is 5.85. The molecule has 1 aromatic carbocycles. The maximum Gasteiger partial charge on any atom is 0.229 e. The van der Waals surface area contributed by atoms with Crippen LogP contribution in [0.5, 0.6) is 5.88 Å². The van der Waals surface area contributed by atoms with Crippen LogP contribution in [-0.4, -0.2) is 36.3 Å². The van der Waals surface area contributed by atoms with Crippen molar-refractivity contribution >= 4 is 5.95 Å². The van der Waals surface area contributed by atoms with E-state index in [2.05, 4.69) is 40.0 Å². The van der Waals surface area contributed by atoms with Crippen LogP contribution in [0.1, 0.15) is 16.8 Å². The van der Waals surface area contributed by atoms with Crippen molar-refractivity contribution in [2.24, 2.45) is 0 Å². The number of aryl methyl sites for hydroxylation is 2. The average Bonchev–Trinajstić information content (AvgIpc) is 2.53. The number of aromatic nitrogens is 2. The van der Waals surface area contributed by atoms with Crippen LogP contribution in [0.3, 0.4) is 0 Å². The minimum atomic E-state index is 0.515. The number of hydrogen-bond acceptors (Lipinski definition) is 5. The fourth-order valence-corrected chi connectivity index (χ4v) is 2.46. The third-order valence-electron chi connectivity index (χ3n) is 3.58. The lowest BCUT2D eigenvalue weighted by Gasteiger charge is -2.27. The summed E-state index contributed by atoms with van der Waals surface area (Å²) < 4.78 is 11.2. The molecule has 3 rings (SSSR count). The quantitative estimate of drug-likeness (QED) is 0.868. The van der Waals surface area contributed by atoms with E-state index in [0.717, 1.165) is 43.5 Å². The summed E-state index contributed by atoms with van der Waals surface area (Å²) in [6.07, 6.45) is 0. The van der Waals surface area contributed by atoms with E-state index in [1.54, 1.807) is 0 Å². The monoisotopic (exact) mass is 299 g/mol. The maximum atomic E-state index is 5.85. The van der Waals surface area contributed by atoms with Crippen LogP contribution >= 0.6 is 0 Å². The predicted octanol–water partition coefficient (Wildman–Crippen LogP) is 2.51. The Balaban J connectivity index is 1.71. The largest absolute Gasteiger partial charge is 0.473 e. The zero-order valence-corrected chi connectivity index (χ0v) is 13.1. The predicted molar refractivity (Wildman–Crippen MR) is 85.3 cm³/mol. The molecule has 2 aromatic rings. The SMILES string of the molecule is Cc1cccc(COc2cc(C)nc(N3CCOCC3)n2)c1. The third kappa shape index (κ3) is 3.74. The van der Waals surface area contributed by atoms with Gasteiger partial charge in [0.25, 0.3) is 0 Å². The van der Waals surface area contributed by atoms with Crippen molar-refractivity contribution in [1.82, 2.24) is 9.97 Å². The second kappa shape index (κ2) is 6.75. The number of nitrogens with zero attached hydrogens (tertiary/aromatic N) is 3. The molecule has 1 fully saturated rings. The summed E-state index contributed by atoms with van der Waals surface area (Å²) in [5.74, 6) is 1.35. The van der Waals surface area contributed by atoms with Gasteiger partial charge in [0.2, 0.25) is 11.8 Å². The van der Waals surface area contributed by atoms with Gasteiger partial charge in [0, 0.05) is 24.8 Å². The molecule has 0 N–H and O–H groups in total. The van der Waals surface area contributed by atoms with Gasteiger partial charge in [0.05, 0.1) is 13.2 Å². The first-order chi connectivity index (χ1) is 10.7. The van der Waals surface area contributed by atoms with Gasteiger partial charge < -0.3 is 14.4 Å². The minimum Gasteiger partial charge on any atom is -0.473 e. The Morgan fingerprint density at radius 2 is 1.95 bits per heavy atom. The van der Waals surface area contributed by atoms with Crippen molar-refractivity contribution in [2.75, 3.05) is 31.2 Å². The van der Waals surface area contributed by atoms with Crippen LogP contribution < -0.4 is 9.64 Å². The number of benzene rings is 1. The minimum absolute atomic E-state index is 0.515. The van der Waals surface area contributed by atoms with Gasteiger partial charge in [-0.15, -0.1) is 0 Å². The van der Waals surface area contributed by atoms with Crippen LogP contribution in [0.2, 0.25) is 0 Å². The van der Waals surface area contributed by atoms with E-state index in [1.807, 2.05) is 19.1 Å². The molecule has 1 aromatic heterocycles. The van der Waals surface area contributed by atoms with Crippen molar-refractivity contribution in [3.8, 4) is 5.88 Å². The Morgan fingerprint density at radius 1 is 1.14 bits per heavy atom. The first-order valence-corrected chi connectivity index (χ1v) is 7.57. The molecule has 0 bridgehead atoms. The standard InChI is InChI=1S/C17H21N3O2/c1-13-4-3-5-15(10-13)12-22-16-11-14(2)18-17(19-16)20-6-8-21-9-7-20/h3-5,10-11H,6-9,12H2,1-2H3. The summed E-state index contributed by atoms with van der Waals surface area (Å²) in [7, 11) is 0. The van der Waals surface area contributed by atoms with Crippen LogP contribution in [0.25, 0.3) is 0 Å². The highest BCUT2D eigenvalue weighted by molar-refractivity contribution is 5.35.